The maximum atomic E-state index is 11.3. The molecule has 0 spiro atoms. The summed E-state index contributed by atoms with van der Waals surface area (Å²) in [6, 6.07) is 5.92. The standard InChI is InChI=1S/C13H11N3O/c1-8-11(9-2-4-14-5-3-9)6-10-7-12(17)16-13(10)15-8/h2-6H,7H2,1H3,(H,15,16,17). The van der Waals surface area contributed by atoms with Gasteiger partial charge < -0.3 is 5.32 Å². The third-order valence-electron chi connectivity index (χ3n) is 2.89. The minimum Gasteiger partial charge on any atom is -0.310 e. The highest BCUT2D eigenvalue weighted by molar-refractivity contribution is 5.98. The minimum atomic E-state index is 0.0128. The highest BCUT2D eigenvalue weighted by Crippen LogP contribution is 2.29. The van der Waals surface area contributed by atoms with Crippen molar-refractivity contribution in [3.05, 3.63) is 41.9 Å². The summed E-state index contributed by atoms with van der Waals surface area (Å²) in [5, 5.41) is 2.75. The summed E-state index contributed by atoms with van der Waals surface area (Å²) in [5.74, 6) is 0.712. The van der Waals surface area contributed by atoms with Crippen LogP contribution in [0.5, 0.6) is 0 Å². The summed E-state index contributed by atoms with van der Waals surface area (Å²) in [7, 11) is 0. The molecule has 0 radical (unpaired) electrons. The number of rotatable bonds is 1. The molecule has 0 saturated carbocycles. The van der Waals surface area contributed by atoms with Gasteiger partial charge in [-0.25, -0.2) is 4.98 Å². The molecule has 3 heterocycles. The lowest BCUT2D eigenvalue weighted by atomic mass is 10.0. The molecule has 17 heavy (non-hydrogen) atoms. The average molecular weight is 225 g/mol. The molecular weight excluding hydrogens is 214 g/mol. The van der Waals surface area contributed by atoms with Crippen LogP contribution < -0.4 is 5.32 Å². The van der Waals surface area contributed by atoms with Gasteiger partial charge in [0.05, 0.1) is 6.42 Å². The third-order valence-corrected chi connectivity index (χ3v) is 2.89. The molecule has 0 aromatic carbocycles. The normalized spacial score (nSPS) is 13.4. The van der Waals surface area contributed by atoms with E-state index in [1.54, 1.807) is 12.4 Å². The van der Waals surface area contributed by atoms with E-state index < -0.39 is 0 Å². The van der Waals surface area contributed by atoms with Crippen LogP contribution in [0.1, 0.15) is 11.3 Å². The zero-order chi connectivity index (χ0) is 11.8. The van der Waals surface area contributed by atoms with Crippen molar-refractivity contribution in [1.29, 1.82) is 0 Å². The van der Waals surface area contributed by atoms with Crippen LogP contribution in [-0.4, -0.2) is 15.9 Å². The molecular formula is C13H11N3O. The Balaban J connectivity index is 2.14. The Hall–Kier alpha value is -2.23. The summed E-state index contributed by atoms with van der Waals surface area (Å²) in [6.45, 7) is 1.94. The maximum absolute atomic E-state index is 11.3. The van der Waals surface area contributed by atoms with Gasteiger partial charge in [-0.3, -0.25) is 9.78 Å². The topological polar surface area (TPSA) is 54.9 Å². The Morgan fingerprint density at radius 2 is 2.06 bits per heavy atom. The van der Waals surface area contributed by atoms with E-state index in [1.165, 1.54) is 0 Å². The number of fused-ring (bicyclic) bond motifs is 1. The van der Waals surface area contributed by atoms with E-state index in [9.17, 15) is 4.79 Å². The molecule has 84 valence electrons. The van der Waals surface area contributed by atoms with E-state index >= 15 is 0 Å². The van der Waals surface area contributed by atoms with Crippen molar-refractivity contribution < 1.29 is 4.79 Å². The molecule has 1 N–H and O–H groups in total. The van der Waals surface area contributed by atoms with Gasteiger partial charge in [-0.2, -0.15) is 0 Å². The molecule has 0 unspecified atom stereocenters. The van der Waals surface area contributed by atoms with Gasteiger partial charge in [0, 0.05) is 29.2 Å². The van der Waals surface area contributed by atoms with E-state index in [0.29, 0.717) is 12.2 Å². The third kappa shape index (κ3) is 1.67. The predicted molar refractivity (Wildman–Crippen MR) is 64.5 cm³/mol. The number of anilines is 1. The molecule has 4 nitrogen and oxygen atoms in total. The van der Waals surface area contributed by atoms with E-state index in [0.717, 1.165) is 22.4 Å². The second-order valence-electron chi connectivity index (χ2n) is 4.09. The van der Waals surface area contributed by atoms with Crippen LogP contribution >= 0.6 is 0 Å². The molecule has 1 aliphatic heterocycles. The van der Waals surface area contributed by atoms with Gasteiger partial charge in [0.2, 0.25) is 5.91 Å². The number of nitrogens with zero attached hydrogens (tertiary/aromatic N) is 2. The summed E-state index contributed by atoms with van der Waals surface area (Å²) in [6.07, 6.45) is 3.93. The van der Waals surface area contributed by atoms with Crippen LogP contribution in [-0.2, 0) is 11.2 Å². The fourth-order valence-corrected chi connectivity index (χ4v) is 2.06. The monoisotopic (exact) mass is 225 g/mol. The van der Waals surface area contributed by atoms with Crippen molar-refractivity contribution in [2.24, 2.45) is 0 Å². The first-order valence-electron chi connectivity index (χ1n) is 5.45. The molecule has 1 aliphatic rings. The van der Waals surface area contributed by atoms with Crippen LogP contribution in [0.15, 0.2) is 30.6 Å². The molecule has 4 heteroatoms. The maximum Gasteiger partial charge on any atom is 0.230 e. The van der Waals surface area contributed by atoms with Crippen LogP contribution in [0.3, 0.4) is 0 Å². The van der Waals surface area contributed by atoms with Gasteiger partial charge in [0.1, 0.15) is 5.82 Å². The van der Waals surface area contributed by atoms with Crippen molar-refractivity contribution in [2.45, 2.75) is 13.3 Å². The minimum absolute atomic E-state index is 0.0128. The number of carbonyl (C=O) groups excluding carboxylic acids is 1. The largest absolute Gasteiger partial charge is 0.310 e. The van der Waals surface area contributed by atoms with E-state index in [2.05, 4.69) is 15.3 Å². The summed E-state index contributed by atoms with van der Waals surface area (Å²) >= 11 is 0. The Kier molecular flexibility index (Phi) is 2.14. The lowest BCUT2D eigenvalue weighted by molar-refractivity contribution is -0.115. The Bertz CT molecular complexity index is 593. The first-order chi connectivity index (χ1) is 8.24. The molecule has 0 atom stereocenters. The highest BCUT2D eigenvalue weighted by Gasteiger charge is 2.20. The summed E-state index contributed by atoms with van der Waals surface area (Å²) in [4.78, 5) is 19.7. The summed E-state index contributed by atoms with van der Waals surface area (Å²) in [5.41, 5.74) is 4.01. The van der Waals surface area contributed by atoms with Gasteiger partial charge >= 0.3 is 0 Å². The van der Waals surface area contributed by atoms with E-state index in [-0.39, 0.29) is 5.91 Å². The molecule has 0 bridgehead atoms. The number of aromatic nitrogens is 2. The van der Waals surface area contributed by atoms with Crippen LogP contribution in [0.2, 0.25) is 0 Å². The van der Waals surface area contributed by atoms with Gasteiger partial charge in [0.15, 0.2) is 0 Å². The van der Waals surface area contributed by atoms with Crippen LogP contribution in [0.4, 0.5) is 5.82 Å². The molecule has 2 aromatic heterocycles. The second kappa shape index (κ2) is 3.66. The van der Waals surface area contributed by atoms with Crippen molar-refractivity contribution in [2.75, 3.05) is 5.32 Å². The van der Waals surface area contributed by atoms with Crippen molar-refractivity contribution in [1.82, 2.24) is 9.97 Å². The van der Waals surface area contributed by atoms with Gasteiger partial charge in [-0.05, 0) is 30.7 Å². The molecule has 3 rings (SSSR count). The van der Waals surface area contributed by atoms with E-state index in [1.807, 2.05) is 25.1 Å². The number of carbonyl (C=O) groups is 1. The fourth-order valence-electron chi connectivity index (χ4n) is 2.06. The Morgan fingerprint density at radius 3 is 2.82 bits per heavy atom. The average Bonchev–Trinajstić information content (AvgIpc) is 2.68. The van der Waals surface area contributed by atoms with Crippen LogP contribution in [0.25, 0.3) is 11.1 Å². The lowest BCUT2D eigenvalue weighted by Crippen LogP contribution is -2.04. The first-order valence-corrected chi connectivity index (χ1v) is 5.45. The second-order valence-corrected chi connectivity index (χ2v) is 4.09. The van der Waals surface area contributed by atoms with Crippen molar-refractivity contribution >= 4 is 11.7 Å². The molecule has 2 aromatic rings. The highest BCUT2D eigenvalue weighted by atomic mass is 16.1. The fraction of sp³-hybridized carbons (Fsp3) is 0.154. The molecule has 0 aliphatic carbocycles. The van der Waals surface area contributed by atoms with Gasteiger partial charge in [-0.15, -0.1) is 0 Å². The number of nitrogens with one attached hydrogen (secondary N) is 1. The van der Waals surface area contributed by atoms with Crippen molar-refractivity contribution in [3.8, 4) is 11.1 Å². The molecule has 0 saturated heterocycles. The zero-order valence-corrected chi connectivity index (χ0v) is 9.40. The van der Waals surface area contributed by atoms with E-state index in [4.69, 9.17) is 0 Å². The van der Waals surface area contributed by atoms with Gasteiger partial charge in [0.25, 0.3) is 0 Å². The number of hydrogen-bond donors (Lipinski definition) is 1. The first kappa shape index (κ1) is 9.96. The SMILES string of the molecule is Cc1nc2c(cc1-c1ccncc1)CC(=O)N2. The van der Waals surface area contributed by atoms with Crippen molar-refractivity contribution in [3.63, 3.8) is 0 Å². The zero-order valence-electron chi connectivity index (χ0n) is 9.40. The molecule has 1 amide bonds. The van der Waals surface area contributed by atoms with Crippen LogP contribution in [0, 0.1) is 6.92 Å². The quantitative estimate of drug-likeness (QED) is 0.807. The number of aryl methyl sites for hydroxylation is 1. The smallest absolute Gasteiger partial charge is 0.230 e. The Morgan fingerprint density at radius 1 is 1.29 bits per heavy atom. The number of amides is 1. The Labute approximate surface area is 98.7 Å². The summed E-state index contributed by atoms with van der Waals surface area (Å²) < 4.78 is 0. The number of hydrogen-bond acceptors (Lipinski definition) is 3. The lowest BCUT2D eigenvalue weighted by Gasteiger charge is -2.07. The number of pyridine rings is 2. The molecule has 0 fully saturated rings. The van der Waals surface area contributed by atoms with Gasteiger partial charge in [-0.1, -0.05) is 0 Å². The predicted octanol–water partition coefficient (Wildman–Crippen LogP) is 1.95.